The van der Waals surface area contributed by atoms with E-state index in [1.54, 1.807) is 18.2 Å². The van der Waals surface area contributed by atoms with E-state index in [-0.39, 0.29) is 11.5 Å². The van der Waals surface area contributed by atoms with Gasteiger partial charge < -0.3 is 0 Å². The molecule has 0 aliphatic heterocycles. The molecule has 0 unspecified atom stereocenters. The van der Waals surface area contributed by atoms with Crippen molar-refractivity contribution in [2.24, 2.45) is 0 Å². The van der Waals surface area contributed by atoms with E-state index in [4.69, 9.17) is 0 Å². The molecule has 5 nitrogen and oxygen atoms in total. The van der Waals surface area contributed by atoms with Crippen LogP contribution in [0.3, 0.4) is 0 Å². The minimum atomic E-state index is -0.446. The van der Waals surface area contributed by atoms with Gasteiger partial charge in [0.05, 0.1) is 4.92 Å². The lowest BCUT2D eigenvalue weighted by atomic mass is 9.99. The van der Waals surface area contributed by atoms with Crippen LogP contribution in [0, 0.1) is 10.1 Å². The van der Waals surface area contributed by atoms with E-state index in [0.717, 1.165) is 5.56 Å². The number of aromatic nitrogens is 1. The molecule has 1 aliphatic carbocycles. The van der Waals surface area contributed by atoms with Crippen LogP contribution in [0.1, 0.15) is 22.3 Å². The quantitative estimate of drug-likeness (QED) is 0.610. The average Bonchev–Trinajstić information content (AvgIpc) is 2.81. The van der Waals surface area contributed by atoms with Crippen molar-refractivity contribution in [3.63, 3.8) is 0 Å². The van der Waals surface area contributed by atoms with Gasteiger partial charge in [-0.1, -0.05) is 18.2 Å². The number of Topliss-reactive ketones (excluding diaryl/α,β-unsaturated/α-hetero) is 1. The van der Waals surface area contributed by atoms with Crippen LogP contribution in [0.5, 0.6) is 0 Å². The molecule has 3 rings (SSSR count). The van der Waals surface area contributed by atoms with Crippen LogP contribution < -0.4 is 0 Å². The standard InChI is InChI=1S/C14H10N2O3/c17-13-7-6-9-10(13)3-1-4-11(9)14-12(16(18)19)5-2-8-15-14/h1-5,8H,6-7H2. The number of nitro groups is 1. The average molecular weight is 254 g/mol. The van der Waals surface area contributed by atoms with E-state index in [2.05, 4.69) is 4.98 Å². The number of hydrogen-bond donors (Lipinski definition) is 0. The summed E-state index contributed by atoms with van der Waals surface area (Å²) in [6.07, 6.45) is 2.61. The summed E-state index contributed by atoms with van der Waals surface area (Å²) < 4.78 is 0. The summed E-state index contributed by atoms with van der Waals surface area (Å²) in [5, 5.41) is 11.1. The highest BCUT2D eigenvalue weighted by atomic mass is 16.6. The molecule has 19 heavy (non-hydrogen) atoms. The van der Waals surface area contributed by atoms with Crippen molar-refractivity contribution in [3.05, 3.63) is 57.8 Å². The summed E-state index contributed by atoms with van der Waals surface area (Å²) >= 11 is 0. The zero-order chi connectivity index (χ0) is 13.4. The lowest BCUT2D eigenvalue weighted by molar-refractivity contribution is -0.384. The molecular weight excluding hydrogens is 244 g/mol. The number of carbonyl (C=O) groups is 1. The zero-order valence-electron chi connectivity index (χ0n) is 10.00. The first-order chi connectivity index (χ1) is 9.18. The number of fused-ring (bicyclic) bond motifs is 1. The summed E-state index contributed by atoms with van der Waals surface area (Å²) in [5.74, 6) is 0.0930. The van der Waals surface area contributed by atoms with Gasteiger partial charge in [0.15, 0.2) is 5.78 Å². The minimum Gasteiger partial charge on any atom is -0.294 e. The Labute approximate surface area is 109 Å². The molecule has 2 aromatic rings. The Morgan fingerprint density at radius 3 is 2.68 bits per heavy atom. The Morgan fingerprint density at radius 1 is 1.11 bits per heavy atom. The smallest absolute Gasteiger partial charge is 0.294 e. The highest BCUT2D eigenvalue weighted by Crippen LogP contribution is 2.35. The Hall–Kier alpha value is -2.56. The third kappa shape index (κ3) is 1.79. The lowest BCUT2D eigenvalue weighted by Gasteiger charge is -2.07. The lowest BCUT2D eigenvalue weighted by Crippen LogP contribution is -1.97. The maximum absolute atomic E-state index is 11.7. The molecule has 0 saturated carbocycles. The van der Waals surface area contributed by atoms with Gasteiger partial charge in [0.25, 0.3) is 5.69 Å². The van der Waals surface area contributed by atoms with Crippen molar-refractivity contribution in [2.75, 3.05) is 0 Å². The molecule has 1 aliphatic rings. The number of carbonyl (C=O) groups excluding carboxylic acids is 1. The predicted molar refractivity (Wildman–Crippen MR) is 69.0 cm³/mol. The Balaban J connectivity index is 2.25. The number of benzene rings is 1. The SMILES string of the molecule is O=C1CCc2c1cccc2-c1ncccc1[N+](=O)[O-]. The molecule has 0 amide bonds. The molecule has 0 saturated heterocycles. The van der Waals surface area contributed by atoms with Crippen LogP contribution in [-0.2, 0) is 6.42 Å². The predicted octanol–water partition coefficient (Wildman–Crippen LogP) is 2.79. The van der Waals surface area contributed by atoms with Crippen LogP contribution in [0.2, 0.25) is 0 Å². The summed E-state index contributed by atoms with van der Waals surface area (Å²) in [7, 11) is 0. The van der Waals surface area contributed by atoms with Gasteiger partial charge in [-0.15, -0.1) is 0 Å². The van der Waals surface area contributed by atoms with Crippen molar-refractivity contribution in [1.29, 1.82) is 0 Å². The molecule has 0 fully saturated rings. The summed E-state index contributed by atoms with van der Waals surface area (Å²) in [6.45, 7) is 0. The van der Waals surface area contributed by atoms with E-state index in [0.29, 0.717) is 29.7 Å². The van der Waals surface area contributed by atoms with Crippen molar-refractivity contribution < 1.29 is 9.72 Å². The first kappa shape index (κ1) is 11.5. The van der Waals surface area contributed by atoms with Crippen molar-refractivity contribution in [3.8, 4) is 11.3 Å². The molecule has 0 radical (unpaired) electrons. The van der Waals surface area contributed by atoms with Crippen LogP contribution in [0.15, 0.2) is 36.5 Å². The molecule has 0 atom stereocenters. The molecular formula is C14H10N2O3. The third-order valence-electron chi connectivity index (χ3n) is 3.32. The fourth-order valence-corrected chi connectivity index (χ4v) is 2.46. The van der Waals surface area contributed by atoms with Gasteiger partial charge >= 0.3 is 0 Å². The number of pyridine rings is 1. The summed E-state index contributed by atoms with van der Waals surface area (Å²) in [6, 6.07) is 8.26. The summed E-state index contributed by atoms with van der Waals surface area (Å²) in [5.41, 5.74) is 2.52. The normalized spacial score (nSPS) is 13.4. The van der Waals surface area contributed by atoms with Crippen molar-refractivity contribution in [1.82, 2.24) is 4.98 Å². The third-order valence-corrected chi connectivity index (χ3v) is 3.32. The van der Waals surface area contributed by atoms with E-state index >= 15 is 0 Å². The minimum absolute atomic E-state index is 0.0322. The summed E-state index contributed by atoms with van der Waals surface area (Å²) in [4.78, 5) is 26.4. The van der Waals surface area contributed by atoms with Crippen LogP contribution in [0.25, 0.3) is 11.3 Å². The van der Waals surface area contributed by atoms with Gasteiger partial charge in [-0.2, -0.15) is 0 Å². The van der Waals surface area contributed by atoms with E-state index in [1.807, 2.05) is 0 Å². The second kappa shape index (κ2) is 4.28. The highest BCUT2D eigenvalue weighted by molar-refractivity contribution is 6.02. The van der Waals surface area contributed by atoms with Gasteiger partial charge in [-0.25, -0.2) is 4.98 Å². The number of nitrogens with zero attached hydrogens (tertiary/aromatic N) is 2. The van der Waals surface area contributed by atoms with Gasteiger partial charge in [-0.05, 0) is 18.1 Å². The second-order valence-electron chi connectivity index (χ2n) is 4.38. The molecule has 0 spiro atoms. The van der Waals surface area contributed by atoms with Gasteiger partial charge in [0, 0.05) is 29.8 Å². The van der Waals surface area contributed by atoms with Gasteiger partial charge in [0.1, 0.15) is 5.69 Å². The maximum atomic E-state index is 11.7. The Morgan fingerprint density at radius 2 is 1.89 bits per heavy atom. The molecule has 5 heteroatoms. The first-order valence-corrected chi connectivity index (χ1v) is 5.93. The topological polar surface area (TPSA) is 73.1 Å². The fourth-order valence-electron chi connectivity index (χ4n) is 2.46. The molecule has 0 N–H and O–H groups in total. The molecule has 1 aromatic carbocycles. The zero-order valence-corrected chi connectivity index (χ0v) is 10.00. The van der Waals surface area contributed by atoms with E-state index in [9.17, 15) is 14.9 Å². The van der Waals surface area contributed by atoms with E-state index in [1.165, 1.54) is 18.3 Å². The van der Waals surface area contributed by atoms with Crippen molar-refractivity contribution >= 4 is 11.5 Å². The Kier molecular flexibility index (Phi) is 2.59. The first-order valence-electron chi connectivity index (χ1n) is 5.93. The molecule has 94 valence electrons. The number of ketones is 1. The van der Waals surface area contributed by atoms with Gasteiger partial charge in [-0.3, -0.25) is 14.9 Å². The number of rotatable bonds is 2. The second-order valence-corrected chi connectivity index (χ2v) is 4.38. The molecule has 1 heterocycles. The van der Waals surface area contributed by atoms with E-state index < -0.39 is 4.92 Å². The van der Waals surface area contributed by atoms with Crippen molar-refractivity contribution in [2.45, 2.75) is 12.8 Å². The molecule has 0 bridgehead atoms. The van der Waals surface area contributed by atoms with Crippen LogP contribution >= 0.6 is 0 Å². The largest absolute Gasteiger partial charge is 0.295 e. The highest BCUT2D eigenvalue weighted by Gasteiger charge is 2.26. The number of hydrogen-bond acceptors (Lipinski definition) is 4. The monoisotopic (exact) mass is 254 g/mol. The van der Waals surface area contributed by atoms with Crippen LogP contribution in [-0.4, -0.2) is 15.7 Å². The fraction of sp³-hybridized carbons (Fsp3) is 0.143. The van der Waals surface area contributed by atoms with Crippen LogP contribution in [0.4, 0.5) is 5.69 Å². The molecule has 1 aromatic heterocycles. The van der Waals surface area contributed by atoms with Gasteiger partial charge in [0.2, 0.25) is 0 Å². The maximum Gasteiger partial charge on any atom is 0.295 e. The Bertz CT molecular complexity index is 695.